The summed E-state index contributed by atoms with van der Waals surface area (Å²) in [4.78, 5) is 26.0. The normalized spacial score (nSPS) is 15.1. The van der Waals surface area contributed by atoms with Crippen molar-refractivity contribution in [3.8, 4) is 0 Å². The second kappa shape index (κ2) is 8.97. The monoisotopic (exact) mass is 370 g/mol. The number of aryl methyl sites for hydroxylation is 1. The lowest BCUT2D eigenvalue weighted by Gasteiger charge is -2.31. The topological polar surface area (TPSA) is 78.0 Å². The molecule has 2 aromatic rings. The highest BCUT2D eigenvalue weighted by molar-refractivity contribution is 5.94. The van der Waals surface area contributed by atoms with E-state index in [1.165, 1.54) is 0 Å². The van der Waals surface area contributed by atoms with Crippen molar-refractivity contribution in [2.24, 2.45) is 0 Å². The van der Waals surface area contributed by atoms with Gasteiger partial charge in [-0.1, -0.05) is 13.8 Å². The summed E-state index contributed by atoms with van der Waals surface area (Å²) >= 11 is 0. The van der Waals surface area contributed by atoms with E-state index in [0.29, 0.717) is 11.5 Å². The van der Waals surface area contributed by atoms with Crippen molar-refractivity contribution in [1.82, 2.24) is 25.1 Å². The van der Waals surface area contributed by atoms with Gasteiger partial charge < -0.3 is 9.80 Å². The Morgan fingerprint density at radius 2 is 2.04 bits per heavy atom. The van der Waals surface area contributed by atoms with Gasteiger partial charge in [0, 0.05) is 44.7 Å². The first-order valence-corrected chi connectivity index (χ1v) is 10.1. The van der Waals surface area contributed by atoms with Gasteiger partial charge in [-0.3, -0.25) is 9.89 Å². The molecule has 0 radical (unpaired) electrons. The van der Waals surface area contributed by atoms with Crippen molar-refractivity contribution in [3.05, 3.63) is 35.5 Å². The quantitative estimate of drug-likeness (QED) is 0.810. The van der Waals surface area contributed by atoms with Gasteiger partial charge in [0.05, 0.1) is 5.56 Å². The molecule has 2 aromatic heterocycles. The van der Waals surface area contributed by atoms with Crippen LogP contribution in [-0.2, 0) is 6.42 Å². The Morgan fingerprint density at radius 1 is 1.26 bits per heavy atom. The van der Waals surface area contributed by atoms with Crippen LogP contribution in [0.25, 0.3) is 0 Å². The van der Waals surface area contributed by atoms with E-state index in [1.54, 1.807) is 6.20 Å². The largest absolute Gasteiger partial charge is 0.357 e. The minimum absolute atomic E-state index is 0.0651. The predicted octanol–water partition coefficient (Wildman–Crippen LogP) is 3.02. The minimum Gasteiger partial charge on any atom is -0.357 e. The Bertz CT molecular complexity index is 733. The highest BCUT2D eigenvalue weighted by Gasteiger charge is 2.27. The summed E-state index contributed by atoms with van der Waals surface area (Å²) in [5.74, 6) is 3.15. The van der Waals surface area contributed by atoms with Gasteiger partial charge in [0.2, 0.25) is 0 Å². The number of piperidine rings is 1. The summed E-state index contributed by atoms with van der Waals surface area (Å²) in [7, 11) is 0. The third kappa shape index (κ3) is 4.46. The Morgan fingerprint density at radius 3 is 2.59 bits per heavy atom. The standard InChI is InChI=1S/C20H30N6O/c1-4-11-25(6-3)18-8-7-16(14-21-18)20(27)26-12-9-15(10-13-26)19-22-17(5-2)23-24-19/h7-8,14-15H,4-6,9-13H2,1-3H3,(H,22,23,24). The van der Waals surface area contributed by atoms with Gasteiger partial charge >= 0.3 is 0 Å². The lowest BCUT2D eigenvalue weighted by Crippen LogP contribution is -2.38. The molecule has 7 heteroatoms. The lowest BCUT2D eigenvalue weighted by atomic mass is 9.96. The van der Waals surface area contributed by atoms with Gasteiger partial charge in [0.15, 0.2) is 5.82 Å². The Kier molecular flexibility index (Phi) is 6.42. The van der Waals surface area contributed by atoms with Crippen molar-refractivity contribution in [2.45, 2.75) is 52.4 Å². The number of carbonyl (C=O) groups excluding carboxylic acids is 1. The van der Waals surface area contributed by atoms with E-state index in [4.69, 9.17) is 0 Å². The first-order chi connectivity index (χ1) is 13.2. The Balaban J connectivity index is 1.58. The van der Waals surface area contributed by atoms with Gasteiger partial charge in [-0.25, -0.2) is 9.97 Å². The van der Waals surface area contributed by atoms with Crippen LogP contribution in [0.3, 0.4) is 0 Å². The molecule has 27 heavy (non-hydrogen) atoms. The smallest absolute Gasteiger partial charge is 0.255 e. The molecule has 3 rings (SSSR count). The fourth-order valence-electron chi connectivity index (χ4n) is 3.58. The number of nitrogens with one attached hydrogen (secondary N) is 1. The predicted molar refractivity (Wildman–Crippen MR) is 106 cm³/mol. The number of anilines is 1. The number of aromatic amines is 1. The third-order valence-corrected chi connectivity index (χ3v) is 5.23. The molecule has 146 valence electrons. The molecular formula is C20H30N6O. The SMILES string of the molecule is CCCN(CC)c1ccc(C(=O)N2CCC(c3n[nH]c(CC)n3)CC2)cn1. The summed E-state index contributed by atoms with van der Waals surface area (Å²) in [6.45, 7) is 9.71. The number of nitrogens with zero attached hydrogens (tertiary/aromatic N) is 5. The molecule has 7 nitrogen and oxygen atoms in total. The van der Waals surface area contributed by atoms with Crippen molar-refractivity contribution < 1.29 is 4.79 Å². The molecule has 0 saturated carbocycles. The maximum absolute atomic E-state index is 12.8. The van der Waals surface area contributed by atoms with Crippen LogP contribution in [0.1, 0.15) is 68.0 Å². The van der Waals surface area contributed by atoms with Crippen LogP contribution < -0.4 is 4.90 Å². The zero-order chi connectivity index (χ0) is 19.2. The average molecular weight is 371 g/mol. The van der Waals surface area contributed by atoms with Crippen LogP contribution in [0.15, 0.2) is 18.3 Å². The maximum atomic E-state index is 12.8. The molecule has 0 aromatic carbocycles. The van der Waals surface area contributed by atoms with E-state index in [-0.39, 0.29) is 5.91 Å². The molecule has 0 unspecified atom stereocenters. The van der Waals surface area contributed by atoms with Crippen LogP contribution in [-0.4, -0.2) is 57.2 Å². The molecular weight excluding hydrogens is 340 g/mol. The number of pyridine rings is 1. The number of rotatable bonds is 7. The van der Waals surface area contributed by atoms with Crippen LogP contribution in [0, 0.1) is 0 Å². The molecule has 1 amide bonds. The molecule has 1 aliphatic heterocycles. The summed E-state index contributed by atoms with van der Waals surface area (Å²) in [6.07, 6.45) is 5.46. The maximum Gasteiger partial charge on any atom is 0.255 e. The number of amides is 1. The highest BCUT2D eigenvalue weighted by atomic mass is 16.2. The molecule has 1 fully saturated rings. The fourth-order valence-corrected chi connectivity index (χ4v) is 3.58. The molecule has 3 heterocycles. The number of H-pyrrole nitrogens is 1. The molecule has 0 spiro atoms. The van der Waals surface area contributed by atoms with Crippen molar-refractivity contribution in [3.63, 3.8) is 0 Å². The summed E-state index contributed by atoms with van der Waals surface area (Å²) in [6, 6.07) is 3.86. The van der Waals surface area contributed by atoms with E-state index < -0.39 is 0 Å². The number of aromatic nitrogens is 4. The van der Waals surface area contributed by atoms with Gasteiger partial charge in [-0.15, -0.1) is 0 Å². The van der Waals surface area contributed by atoms with Crippen molar-refractivity contribution >= 4 is 11.7 Å². The van der Waals surface area contributed by atoms with Crippen LogP contribution in [0.4, 0.5) is 5.82 Å². The molecule has 1 N–H and O–H groups in total. The Labute approximate surface area is 161 Å². The van der Waals surface area contributed by atoms with Gasteiger partial charge in [0.1, 0.15) is 11.6 Å². The third-order valence-electron chi connectivity index (χ3n) is 5.23. The van der Waals surface area contributed by atoms with Crippen molar-refractivity contribution in [1.29, 1.82) is 0 Å². The van der Waals surface area contributed by atoms with Crippen LogP contribution in [0.5, 0.6) is 0 Å². The van der Waals surface area contributed by atoms with E-state index in [1.807, 2.05) is 17.0 Å². The number of hydrogen-bond acceptors (Lipinski definition) is 5. The number of carbonyl (C=O) groups is 1. The Hall–Kier alpha value is -2.44. The van der Waals surface area contributed by atoms with Gasteiger partial charge in [0.25, 0.3) is 5.91 Å². The van der Waals surface area contributed by atoms with Gasteiger partial charge in [-0.2, -0.15) is 5.10 Å². The summed E-state index contributed by atoms with van der Waals surface area (Å²) < 4.78 is 0. The molecule has 0 bridgehead atoms. The van der Waals surface area contributed by atoms with Gasteiger partial charge in [-0.05, 0) is 38.3 Å². The van der Waals surface area contributed by atoms with E-state index in [9.17, 15) is 4.79 Å². The summed E-state index contributed by atoms with van der Waals surface area (Å²) in [5, 5.41) is 7.32. The zero-order valence-corrected chi connectivity index (χ0v) is 16.6. The van der Waals surface area contributed by atoms with E-state index >= 15 is 0 Å². The average Bonchev–Trinajstić information content (AvgIpc) is 3.21. The zero-order valence-electron chi connectivity index (χ0n) is 16.6. The minimum atomic E-state index is 0.0651. The number of hydrogen-bond donors (Lipinski definition) is 1. The van der Waals surface area contributed by atoms with Crippen molar-refractivity contribution in [2.75, 3.05) is 31.1 Å². The highest BCUT2D eigenvalue weighted by Crippen LogP contribution is 2.26. The second-order valence-corrected chi connectivity index (χ2v) is 7.05. The summed E-state index contributed by atoms with van der Waals surface area (Å²) in [5.41, 5.74) is 0.663. The van der Waals surface area contributed by atoms with Crippen LogP contribution >= 0.6 is 0 Å². The fraction of sp³-hybridized carbons (Fsp3) is 0.600. The molecule has 1 aliphatic rings. The van der Waals surface area contributed by atoms with E-state index in [2.05, 4.69) is 45.8 Å². The molecule has 0 aliphatic carbocycles. The van der Waals surface area contributed by atoms with E-state index in [0.717, 1.165) is 69.3 Å². The lowest BCUT2D eigenvalue weighted by molar-refractivity contribution is 0.0710. The molecule has 0 atom stereocenters. The number of likely N-dealkylation sites (tertiary alicyclic amines) is 1. The molecule has 1 saturated heterocycles. The first-order valence-electron chi connectivity index (χ1n) is 10.1. The first kappa shape index (κ1) is 19.3. The van der Waals surface area contributed by atoms with Crippen LogP contribution in [0.2, 0.25) is 0 Å². The second-order valence-electron chi connectivity index (χ2n) is 7.05.